The van der Waals surface area contributed by atoms with Gasteiger partial charge in [0.25, 0.3) is 0 Å². The molecule has 1 aromatic carbocycles. The van der Waals surface area contributed by atoms with Crippen LogP contribution in [0.3, 0.4) is 0 Å². The van der Waals surface area contributed by atoms with Crippen molar-refractivity contribution >= 4 is 17.5 Å². The minimum Gasteiger partial charge on any atom is -0.396 e. The van der Waals surface area contributed by atoms with Crippen LogP contribution in [0.15, 0.2) is 24.3 Å². The van der Waals surface area contributed by atoms with Gasteiger partial charge >= 0.3 is 18.0 Å². The molecule has 0 radical (unpaired) electrons. The summed E-state index contributed by atoms with van der Waals surface area (Å²) < 4.78 is 37.2. The molecule has 1 aliphatic carbocycles. The van der Waals surface area contributed by atoms with Gasteiger partial charge in [0.2, 0.25) is 0 Å². The average molecular weight is 316 g/mol. The van der Waals surface area contributed by atoms with Crippen LogP contribution in [0.5, 0.6) is 0 Å². The van der Waals surface area contributed by atoms with Gasteiger partial charge in [0.05, 0.1) is 12.2 Å². The number of amides is 2. The molecule has 0 atom stereocenters. The molecule has 0 saturated heterocycles. The molecule has 0 aliphatic heterocycles. The third-order valence-electron chi connectivity index (χ3n) is 3.59. The number of benzene rings is 1. The number of aliphatic hydroxyl groups excluding tert-OH is 1. The van der Waals surface area contributed by atoms with Crippen molar-refractivity contribution in [3.05, 3.63) is 29.8 Å². The maximum atomic E-state index is 12.4. The zero-order valence-corrected chi connectivity index (χ0v) is 11.5. The number of hydrogen-bond donors (Lipinski definition) is 3. The van der Waals surface area contributed by atoms with Gasteiger partial charge < -0.3 is 15.7 Å². The number of aliphatic hydroxyl groups is 1. The number of hydrogen-bond acceptors (Lipinski definition) is 3. The molecule has 1 saturated carbocycles. The molecule has 22 heavy (non-hydrogen) atoms. The van der Waals surface area contributed by atoms with Gasteiger partial charge in [-0.3, -0.25) is 9.59 Å². The van der Waals surface area contributed by atoms with Gasteiger partial charge in [-0.1, -0.05) is 0 Å². The van der Waals surface area contributed by atoms with E-state index >= 15 is 0 Å². The molecular formula is C14H15F3N2O3. The summed E-state index contributed by atoms with van der Waals surface area (Å²) in [6.45, 7) is 0.135. The topological polar surface area (TPSA) is 78.4 Å². The summed E-state index contributed by atoms with van der Waals surface area (Å²) in [7, 11) is 0. The minimum atomic E-state index is -4.46. The monoisotopic (exact) mass is 316 g/mol. The van der Waals surface area contributed by atoms with E-state index in [9.17, 15) is 22.8 Å². The Morgan fingerprint density at radius 2 is 1.73 bits per heavy atom. The molecular weight excluding hydrogens is 301 g/mol. The van der Waals surface area contributed by atoms with Gasteiger partial charge in [-0.15, -0.1) is 0 Å². The average Bonchev–Trinajstić information content (AvgIpc) is 3.25. The van der Waals surface area contributed by atoms with Crippen molar-refractivity contribution in [3.63, 3.8) is 0 Å². The van der Waals surface area contributed by atoms with E-state index in [1.807, 2.05) is 0 Å². The number of rotatable bonds is 4. The Morgan fingerprint density at radius 3 is 2.18 bits per heavy atom. The van der Waals surface area contributed by atoms with Crippen molar-refractivity contribution in [3.8, 4) is 0 Å². The molecule has 120 valence electrons. The van der Waals surface area contributed by atoms with Crippen molar-refractivity contribution in [1.82, 2.24) is 5.32 Å². The number of carbonyl (C=O) groups is 2. The quantitative estimate of drug-likeness (QED) is 0.737. The highest BCUT2D eigenvalue weighted by molar-refractivity contribution is 6.39. The Bertz CT molecular complexity index is 566. The van der Waals surface area contributed by atoms with E-state index < -0.39 is 23.6 Å². The molecule has 0 heterocycles. The van der Waals surface area contributed by atoms with Gasteiger partial charge in [-0.05, 0) is 37.1 Å². The second-order valence-electron chi connectivity index (χ2n) is 5.37. The van der Waals surface area contributed by atoms with Crippen LogP contribution < -0.4 is 10.6 Å². The van der Waals surface area contributed by atoms with Gasteiger partial charge in [0.1, 0.15) is 0 Å². The molecule has 1 aliphatic rings. The minimum absolute atomic E-state index is 0.0617. The number of halogens is 3. The first kappa shape index (κ1) is 16.3. The summed E-state index contributed by atoms with van der Waals surface area (Å²) >= 11 is 0. The smallest absolute Gasteiger partial charge is 0.396 e. The maximum absolute atomic E-state index is 12.4. The summed E-state index contributed by atoms with van der Waals surface area (Å²) in [6.07, 6.45) is -2.89. The number of nitrogens with one attached hydrogen (secondary N) is 2. The Balaban J connectivity index is 1.87. The van der Waals surface area contributed by atoms with Crippen LogP contribution in [-0.2, 0) is 15.8 Å². The molecule has 0 aromatic heterocycles. The highest BCUT2D eigenvalue weighted by Gasteiger charge is 2.42. The number of alkyl halides is 3. The highest BCUT2D eigenvalue weighted by Crippen LogP contribution is 2.44. The first-order valence-corrected chi connectivity index (χ1v) is 6.63. The van der Waals surface area contributed by atoms with Crippen LogP contribution in [0.4, 0.5) is 18.9 Å². The fourth-order valence-corrected chi connectivity index (χ4v) is 1.85. The Hall–Kier alpha value is -2.09. The lowest BCUT2D eigenvalue weighted by Gasteiger charge is -2.12. The van der Waals surface area contributed by atoms with Crippen LogP contribution >= 0.6 is 0 Å². The van der Waals surface area contributed by atoms with Crippen LogP contribution in [-0.4, -0.2) is 30.1 Å². The predicted molar refractivity (Wildman–Crippen MR) is 71.8 cm³/mol. The summed E-state index contributed by atoms with van der Waals surface area (Å²) in [4.78, 5) is 23.2. The largest absolute Gasteiger partial charge is 0.416 e. The van der Waals surface area contributed by atoms with Crippen LogP contribution in [0, 0.1) is 5.41 Å². The van der Waals surface area contributed by atoms with E-state index in [4.69, 9.17) is 5.11 Å². The third kappa shape index (κ3) is 3.97. The van der Waals surface area contributed by atoms with Crippen molar-refractivity contribution in [2.45, 2.75) is 19.0 Å². The van der Waals surface area contributed by atoms with Crippen molar-refractivity contribution in [1.29, 1.82) is 0 Å². The first-order valence-electron chi connectivity index (χ1n) is 6.63. The Kier molecular flexibility index (Phi) is 4.41. The first-order chi connectivity index (χ1) is 10.3. The van der Waals surface area contributed by atoms with Crippen molar-refractivity contribution in [2.24, 2.45) is 5.41 Å². The molecule has 0 bridgehead atoms. The SMILES string of the molecule is O=C(NCC1(CO)CC1)C(=O)Nc1ccc(C(F)(F)F)cc1. The second-order valence-corrected chi connectivity index (χ2v) is 5.37. The molecule has 5 nitrogen and oxygen atoms in total. The lowest BCUT2D eigenvalue weighted by molar-refractivity contribution is -0.137. The van der Waals surface area contributed by atoms with E-state index in [2.05, 4.69) is 10.6 Å². The molecule has 0 spiro atoms. The van der Waals surface area contributed by atoms with Crippen LogP contribution in [0.25, 0.3) is 0 Å². The lowest BCUT2D eigenvalue weighted by Crippen LogP contribution is -2.39. The lowest BCUT2D eigenvalue weighted by atomic mass is 10.1. The fraction of sp³-hybridized carbons (Fsp3) is 0.429. The summed E-state index contributed by atoms with van der Waals surface area (Å²) in [5.74, 6) is -1.85. The number of anilines is 1. The summed E-state index contributed by atoms with van der Waals surface area (Å²) in [5.41, 5.74) is -1.07. The van der Waals surface area contributed by atoms with E-state index in [1.54, 1.807) is 0 Å². The van der Waals surface area contributed by atoms with Crippen molar-refractivity contribution in [2.75, 3.05) is 18.5 Å². The summed E-state index contributed by atoms with van der Waals surface area (Å²) in [6, 6.07) is 3.78. The predicted octanol–water partition coefficient (Wildman–Crippen LogP) is 1.53. The zero-order valence-electron chi connectivity index (χ0n) is 11.5. The molecule has 2 rings (SSSR count). The second kappa shape index (κ2) is 5.96. The Morgan fingerprint density at radius 1 is 1.14 bits per heavy atom. The number of carbonyl (C=O) groups excluding carboxylic acids is 2. The summed E-state index contributed by atoms with van der Waals surface area (Å²) in [5, 5.41) is 13.7. The van der Waals surface area contributed by atoms with E-state index in [1.165, 1.54) is 0 Å². The zero-order chi connectivity index (χ0) is 16.4. The maximum Gasteiger partial charge on any atom is 0.416 e. The van der Waals surface area contributed by atoms with E-state index in [0.29, 0.717) is 0 Å². The normalized spacial score (nSPS) is 16.0. The van der Waals surface area contributed by atoms with E-state index in [0.717, 1.165) is 37.1 Å². The third-order valence-corrected chi connectivity index (χ3v) is 3.59. The molecule has 8 heteroatoms. The molecule has 1 fully saturated rings. The fourth-order valence-electron chi connectivity index (χ4n) is 1.85. The molecule has 3 N–H and O–H groups in total. The van der Waals surface area contributed by atoms with Gasteiger partial charge in [0, 0.05) is 17.6 Å². The molecule has 1 aromatic rings. The van der Waals surface area contributed by atoms with Crippen LogP contribution in [0.1, 0.15) is 18.4 Å². The van der Waals surface area contributed by atoms with Gasteiger partial charge in [-0.25, -0.2) is 0 Å². The molecule has 2 amide bonds. The Labute approximate surface area is 124 Å². The van der Waals surface area contributed by atoms with Crippen molar-refractivity contribution < 1.29 is 27.9 Å². The molecule has 0 unspecified atom stereocenters. The van der Waals surface area contributed by atoms with Crippen LogP contribution in [0.2, 0.25) is 0 Å². The highest BCUT2D eigenvalue weighted by atomic mass is 19.4. The standard InChI is InChI=1S/C14H15F3N2O3/c15-14(16,17)9-1-3-10(4-2-9)19-12(22)11(21)18-7-13(8-20)5-6-13/h1-4,20H,5-8H2,(H,18,21)(H,19,22). The van der Waals surface area contributed by atoms with Gasteiger partial charge in [-0.2, -0.15) is 13.2 Å². The van der Waals surface area contributed by atoms with E-state index in [-0.39, 0.29) is 24.3 Å². The van der Waals surface area contributed by atoms with Gasteiger partial charge in [0.15, 0.2) is 0 Å².